The van der Waals surface area contributed by atoms with Crippen LogP contribution in [0.5, 0.6) is 0 Å². The normalized spacial score (nSPS) is 26.8. The molecule has 2 saturated heterocycles. The minimum absolute atomic E-state index is 0.241. The Morgan fingerprint density at radius 1 is 1.32 bits per heavy atom. The van der Waals surface area contributed by atoms with Gasteiger partial charge >= 0.3 is 0 Å². The van der Waals surface area contributed by atoms with Gasteiger partial charge in [0.25, 0.3) is 5.92 Å². The number of nitrogens with zero attached hydrogens (tertiary/aromatic N) is 1. The summed E-state index contributed by atoms with van der Waals surface area (Å²) in [6, 6.07) is -1.51. The molecule has 7 nitrogen and oxygen atoms in total. The van der Waals surface area contributed by atoms with Gasteiger partial charge in [-0.05, 0) is 12.8 Å². The Balaban J connectivity index is 1.82. The average Bonchev–Trinajstić information content (AvgIpc) is 3.09. The van der Waals surface area contributed by atoms with Gasteiger partial charge in [0.05, 0.1) is 19.1 Å². The number of hydrogen-bond donors (Lipinski definition) is 3. The van der Waals surface area contributed by atoms with Gasteiger partial charge in [-0.2, -0.15) is 0 Å². The second-order valence-corrected chi connectivity index (χ2v) is 5.57. The summed E-state index contributed by atoms with van der Waals surface area (Å²) in [6.07, 6.45) is 0.724. The lowest BCUT2D eigenvalue weighted by atomic mass is 10.2. The highest BCUT2D eigenvalue weighted by Crippen LogP contribution is 2.25. The lowest BCUT2D eigenvalue weighted by Crippen LogP contribution is -2.50. The zero-order chi connectivity index (χ0) is 16.3. The van der Waals surface area contributed by atoms with E-state index in [1.807, 2.05) is 0 Å². The third-order valence-corrected chi connectivity index (χ3v) is 3.96. The Morgan fingerprint density at radius 3 is 2.64 bits per heavy atom. The van der Waals surface area contributed by atoms with Crippen LogP contribution in [-0.2, 0) is 14.4 Å². The molecule has 0 radical (unpaired) electrons. The van der Waals surface area contributed by atoms with Gasteiger partial charge in [-0.3, -0.25) is 19.7 Å². The highest BCUT2D eigenvalue weighted by Gasteiger charge is 2.42. The van der Waals surface area contributed by atoms with Crippen LogP contribution in [0.4, 0.5) is 8.78 Å². The van der Waals surface area contributed by atoms with Crippen molar-refractivity contribution in [3.05, 3.63) is 0 Å². The maximum absolute atomic E-state index is 13.0. The number of carbonyl (C=O) groups excluding carboxylic acids is 3. The molecule has 3 amide bonds. The van der Waals surface area contributed by atoms with Gasteiger partial charge in [0.15, 0.2) is 0 Å². The molecule has 2 aliphatic rings. The fourth-order valence-electron chi connectivity index (χ4n) is 2.79. The zero-order valence-electron chi connectivity index (χ0n) is 12.3. The summed E-state index contributed by atoms with van der Waals surface area (Å²) in [5.41, 5.74) is 0. The number of likely N-dealkylation sites (N-methyl/N-ethyl adjacent to an activating group) is 1. The topological polar surface area (TPSA) is 90.5 Å². The maximum Gasteiger partial charge on any atom is 0.262 e. The molecule has 0 aromatic carbocycles. The monoisotopic (exact) mass is 318 g/mol. The number of alkyl halides is 2. The predicted octanol–water partition coefficient (Wildman–Crippen LogP) is -1.16. The number of likely N-dealkylation sites (tertiary alicyclic amines) is 1. The number of nitrogens with one attached hydrogen (secondary N) is 3. The Bertz CT molecular complexity index is 472. The molecule has 0 aromatic rings. The van der Waals surface area contributed by atoms with Crippen LogP contribution in [0.2, 0.25) is 0 Å². The first-order valence-corrected chi connectivity index (χ1v) is 7.24. The summed E-state index contributed by atoms with van der Waals surface area (Å²) in [4.78, 5) is 36.9. The number of rotatable bonds is 4. The van der Waals surface area contributed by atoms with Crippen molar-refractivity contribution in [3.63, 3.8) is 0 Å². The van der Waals surface area contributed by atoms with Crippen LogP contribution in [0.25, 0.3) is 0 Å². The maximum atomic E-state index is 13.0. The summed E-state index contributed by atoms with van der Waals surface area (Å²) in [5, 5.41) is 7.28. The summed E-state index contributed by atoms with van der Waals surface area (Å²) in [7, 11) is 1.50. The van der Waals surface area contributed by atoms with Crippen LogP contribution in [0, 0.1) is 0 Å². The summed E-state index contributed by atoms with van der Waals surface area (Å²) < 4.78 is 26.0. The Kier molecular flexibility index (Phi) is 4.94. The van der Waals surface area contributed by atoms with E-state index in [0.29, 0.717) is 19.4 Å². The van der Waals surface area contributed by atoms with Crippen LogP contribution >= 0.6 is 0 Å². The fourth-order valence-corrected chi connectivity index (χ4v) is 2.79. The van der Waals surface area contributed by atoms with Crippen molar-refractivity contribution in [1.29, 1.82) is 0 Å². The van der Waals surface area contributed by atoms with E-state index in [1.54, 1.807) is 0 Å². The molecule has 2 unspecified atom stereocenters. The van der Waals surface area contributed by atoms with Crippen molar-refractivity contribution in [2.75, 3.05) is 26.7 Å². The van der Waals surface area contributed by atoms with Crippen molar-refractivity contribution < 1.29 is 23.2 Å². The molecule has 9 heteroatoms. The molecule has 2 rings (SSSR count). The Morgan fingerprint density at radius 2 is 2.05 bits per heavy atom. The Hall–Kier alpha value is -1.77. The second kappa shape index (κ2) is 6.55. The van der Waals surface area contributed by atoms with E-state index in [0.717, 1.165) is 0 Å². The van der Waals surface area contributed by atoms with Crippen LogP contribution < -0.4 is 16.0 Å². The lowest BCUT2D eigenvalue weighted by molar-refractivity contribution is -0.138. The van der Waals surface area contributed by atoms with E-state index in [-0.39, 0.29) is 18.4 Å². The van der Waals surface area contributed by atoms with Crippen molar-refractivity contribution >= 4 is 17.7 Å². The lowest BCUT2D eigenvalue weighted by Gasteiger charge is -2.23. The quantitative estimate of drug-likeness (QED) is 0.610. The van der Waals surface area contributed by atoms with E-state index < -0.39 is 36.9 Å². The van der Waals surface area contributed by atoms with Crippen LogP contribution in [-0.4, -0.2) is 67.3 Å². The van der Waals surface area contributed by atoms with Gasteiger partial charge in [-0.25, -0.2) is 8.78 Å². The molecule has 3 N–H and O–H groups in total. The minimum Gasteiger partial charge on any atom is -0.357 e. The first-order valence-electron chi connectivity index (χ1n) is 7.24. The summed E-state index contributed by atoms with van der Waals surface area (Å²) in [5.74, 6) is -4.15. The zero-order valence-corrected chi connectivity index (χ0v) is 12.3. The van der Waals surface area contributed by atoms with Crippen LogP contribution in [0.1, 0.15) is 19.3 Å². The van der Waals surface area contributed by atoms with E-state index in [9.17, 15) is 23.2 Å². The summed E-state index contributed by atoms with van der Waals surface area (Å²) >= 11 is 0. The molecular weight excluding hydrogens is 298 g/mol. The van der Waals surface area contributed by atoms with E-state index >= 15 is 0 Å². The molecule has 0 aliphatic carbocycles. The van der Waals surface area contributed by atoms with Crippen molar-refractivity contribution in [2.24, 2.45) is 0 Å². The largest absolute Gasteiger partial charge is 0.357 e. The molecule has 22 heavy (non-hydrogen) atoms. The fraction of sp³-hybridized carbons (Fsp3) is 0.769. The smallest absolute Gasteiger partial charge is 0.262 e. The van der Waals surface area contributed by atoms with Gasteiger partial charge in [0, 0.05) is 20.0 Å². The third kappa shape index (κ3) is 3.70. The molecular formula is C13H20F2N4O3. The first kappa shape index (κ1) is 16.6. The standard InChI is InChI=1S/C13H20F2N4O3/c1-16-12(22)9-3-2-4-19(9)10(20)6-17-11(21)8-5-13(14,15)7-18-8/h8-9,18H,2-7H2,1H3,(H,16,22)(H,17,21). The number of carbonyl (C=O) groups is 3. The minimum atomic E-state index is -2.90. The molecule has 2 heterocycles. The van der Waals surface area contributed by atoms with Gasteiger partial charge in [0.2, 0.25) is 17.7 Å². The molecule has 2 fully saturated rings. The number of amides is 3. The molecule has 124 valence electrons. The van der Waals surface area contributed by atoms with Crippen LogP contribution in [0.15, 0.2) is 0 Å². The highest BCUT2D eigenvalue weighted by atomic mass is 19.3. The van der Waals surface area contributed by atoms with Crippen molar-refractivity contribution in [2.45, 2.75) is 37.3 Å². The van der Waals surface area contributed by atoms with E-state index in [4.69, 9.17) is 0 Å². The second-order valence-electron chi connectivity index (χ2n) is 5.57. The molecule has 0 spiro atoms. The average molecular weight is 318 g/mol. The first-order chi connectivity index (χ1) is 10.3. The summed E-state index contributed by atoms with van der Waals surface area (Å²) in [6.45, 7) is -0.382. The predicted molar refractivity (Wildman–Crippen MR) is 73.2 cm³/mol. The van der Waals surface area contributed by atoms with Gasteiger partial charge < -0.3 is 15.5 Å². The van der Waals surface area contributed by atoms with Gasteiger partial charge in [-0.1, -0.05) is 0 Å². The number of halogens is 2. The van der Waals surface area contributed by atoms with Crippen molar-refractivity contribution in [1.82, 2.24) is 20.9 Å². The molecule has 0 aromatic heterocycles. The molecule has 2 atom stereocenters. The van der Waals surface area contributed by atoms with Gasteiger partial charge in [-0.15, -0.1) is 0 Å². The van der Waals surface area contributed by atoms with Gasteiger partial charge in [0.1, 0.15) is 6.04 Å². The number of hydrogen-bond acceptors (Lipinski definition) is 4. The highest BCUT2D eigenvalue weighted by molar-refractivity contribution is 5.91. The molecule has 0 saturated carbocycles. The Labute approximate surface area is 126 Å². The molecule has 2 aliphatic heterocycles. The third-order valence-electron chi connectivity index (χ3n) is 3.96. The van der Waals surface area contributed by atoms with E-state index in [2.05, 4.69) is 16.0 Å². The molecule has 0 bridgehead atoms. The van der Waals surface area contributed by atoms with E-state index in [1.165, 1.54) is 11.9 Å². The SMILES string of the molecule is CNC(=O)C1CCCN1C(=O)CNC(=O)C1CC(F)(F)CN1. The van der Waals surface area contributed by atoms with Crippen molar-refractivity contribution in [3.8, 4) is 0 Å². The van der Waals surface area contributed by atoms with Crippen LogP contribution in [0.3, 0.4) is 0 Å².